The van der Waals surface area contributed by atoms with Gasteiger partial charge >= 0.3 is 0 Å². The number of hydrogen-bond acceptors (Lipinski definition) is 8. The number of amides is 2. The lowest BCUT2D eigenvalue weighted by Crippen LogP contribution is -2.48. The quantitative estimate of drug-likeness (QED) is 0.323. The Bertz CT molecular complexity index is 1840. The molecule has 2 aromatic heterocycles. The largest absolute Gasteiger partial charge is 0.343 e. The number of nitrogens with one attached hydrogen (secondary N) is 2. The van der Waals surface area contributed by atoms with Crippen molar-refractivity contribution in [3.63, 3.8) is 0 Å². The molecule has 10 nitrogen and oxygen atoms in total. The second-order valence-corrected chi connectivity index (χ2v) is 12.5. The highest BCUT2D eigenvalue weighted by atomic mass is 32.1. The molecule has 1 atom stereocenters. The molecule has 0 saturated carbocycles. The van der Waals surface area contributed by atoms with Crippen molar-refractivity contribution in [2.24, 2.45) is 7.05 Å². The first kappa shape index (κ1) is 29.5. The van der Waals surface area contributed by atoms with Crippen LogP contribution >= 0.6 is 11.3 Å². The normalized spacial score (nSPS) is 17.0. The van der Waals surface area contributed by atoms with Gasteiger partial charge in [0.05, 0.1) is 15.4 Å². The van der Waals surface area contributed by atoms with Crippen molar-refractivity contribution < 1.29 is 14.4 Å². The maximum absolute atomic E-state index is 13.2. The van der Waals surface area contributed by atoms with Gasteiger partial charge in [-0.1, -0.05) is 24.3 Å². The molecule has 4 aromatic rings. The highest BCUT2D eigenvalue weighted by Crippen LogP contribution is 2.32. The number of aromatic nitrogens is 2. The Morgan fingerprint density at radius 3 is 2.52 bits per heavy atom. The molecule has 1 aliphatic heterocycles. The first-order chi connectivity index (χ1) is 21.1. The molecule has 226 valence electrons. The van der Waals surface area contributed by atoms with E-state index in [-0.39, 0.29) is 35.0 Å². The van der Waals surface area contributed by atoms with Gasteiger partial charge < -0.3 is 20.1 Å². The number of nitrogens with zero attached hydrogens (tertiary/aromatic N) is 4. The van der Waals surface area contributed by atoms with Crippen LogP contribution in [0.4, 0.5) is 17.2 Å². The number of benzene rings is 2. The van der Waals surface area contributed by atoms with E-state index in [1.54, 1.807) is 18.1 Å². The molecule has 11 heteroatoms. The number of rotatable bonds is 6. The van der Waals surface area contributed by atoms with Gasteiger partial charge in [-0.15, -0.1) is 11.3 Å². The fraction of sp³-hybridized carbons (Fsp3) is 0.303. The Balaban J connectivity index is 1.24. The number of aryl methyl sites for hydroxylation is 2. The maximum Gasteiger partial charge on any atom is 0.293 e. The van der Waals surface area contributed by atoms with Crippen LogP contribution < -0.4 is 16.2 Å². The highest BCUT2D eigenvalue weighted by molar-refractivity contribution is 7.16. The minimum atomic E-state index is -0.347. The molecule has 2 N–H and O–H groups in total. The van der Waals surface area contributed by atoms with E-state index < -0.39 is 0 Å². The maximum atomic E-state index is 13.2. The zero-order chi connectivity index (χ0) is 31.1. The smallest absolute Gasteiger partial charge is 0.293 e. The van der Waals surface area contributed by atoms with Gasteiger partial charge in [-0.05, 0) is 67.8 Å². The van der Waals surface area contributed by atoms with Crippen LogP contribution in [0.25, 0.3) is 11.3 Å². The van der Waals surface area contributed by atoms with E-state index in [4.69, 9.17) is 0 Å². The van der Waals surface area contributed by atoms with Crippen LogP contribution in [0, 0.1) is 6.92 Å². The molecule has 0 bridgehead atoms. The van der Waals surface area contributed by atoms with Gasteiger partial charge in [-0.3, -0.25) is 24.1 Å². The molecule has 2 aliphatic rings. The van der Waals surface area contributed by atoms with Gasteiger partial charge in [0.2, 0.25) is 5.91 Å². The predicted octanol–water partition coefficient (Wildman–Crippen LogP) is 4.78. The lowest BCUT2D eigenvalue weighted by molar-refractivity contribution is -0.139. The molecule has 1 fully saturated rings. The van der Waals surface area contributed by atoms with Crippen LogP contribution in [0.5, 0.6) is 0 Å². The fourth-order valence-electron chi connectivity index (χ4n) is 5.79. The molecule has 3 heterocycles. The van der Waals surface area contributed by atoms with Crippen LogP contribution in [0.2, 0.25) is 0 Å². The molecule has 1 aliphatic carbocycles. The number of ketones is 1. The lowest BCUT2D eigenvalue weighted by atomic mass is 9.98. The SMILES string of the molecule is Cc1c(NC(=O)c2cc3c(s2)C(=O)CCC3)cccc1-c1cn(C)c(=O)c(Nc2ccc(C3C(=O)N(C)CCN3C)cc2)n1. The van der Waals surface area contributed by atoms with Gasteiger partial charge in [-0.25, -0.2) is 4.98 Å². The van der Waals surface area contributed by atoms with Crippen LogP contribution in [0.15, 0.2) is 59.5 Å². The number of hydrogen-bond donors (Lipinski definition) is 2. The van der Waals surface area contributed by atoms with Gasteiger partial charge in [0, 0.05) is 56.7 Å². The highest BCUT2D eigenvalue weighted by Gasteiger charge is 2.32. The number of likely N-dealkylation sites (N-methyl/N-ethyl adjacent to an activating group) is 2. The number of piperazine rings is 1. The molecule has 2 aromatic carbocycles. The van der Waals surface area contributed by atoms with Gasteiger partial charge in [-0.2, -0.15) is 0 Å². The van der Waals surface area contributed by atoms with Crippen molar-refractivity contribution >= 4 is 46.1 Å². The standard InChI is InChI=1S/C33H34N6O4S/c1-19-23(8-6-9-24(19)36-31(41)27-17-21-7-5-10-26(40)29(21)44-27)25-18-39(4)33(43)30(35-25)34-22-13-11-20(12-14-22)28-32(42)38(3)16-15-37(28)2/h6,8-9,11-14,17-18,28H,5,7,10,15-16H2,1-4H3,(H,34,35)(H,36,41). The van der Waals surface area contributed by atoms with E-state index in [0.29, 0.717) is 39.8 Å². The van der Waals surface area contributed by atoms with Crippen LogP contribution in [-0.2, 0) is 18.3 Å². The number of thiophene rings is 1. The summed E-state index contributed by atoms with van der Waals surface area (Å²) < 4.78 is 1.47. The fourth-order valence-corrected chi connectivity index (χ4v) is 6.86. The average Bonchev–Trinajstić information content (AvgIpc) is 3.46. The van der Waals surface area contributed by atoms with E-state index in [9.17, 15) is 19.2 Å². The Labute approximate surface area is 259 Å². The number of carbonyl (C=O) groups excluding carboxylic acids is 3. The van der Waals surface area contributed by atoms with Gasteiger partial charge in [0.15, 0.2) is 11.6 Å². The molecule has 0 radical (unpaired) electrons. The van der Waals surface area contributed by atoms with Crippen molar-refractivity contribution in [1.82, 2.24) is 19.4 Å². The molecule has 1 saturated heterocycles. The van der Waals surface area contributed by atoms with Crippen molar-refractivity contribution in [3.05, 3.63) is 91.5 Å². The van der Waals surface area contributed by atoms with Gasteiger partial charge in [0.25, 0.3) is 11.5 Å². The Morgan fingerprint density at radius 1 is 1.00 bits per heavy atom. The van der Waals surface area contributed by atoms with Crippen molar-refractivity contribution in [2.75, 3.05) is 37.8 Å². The zero-order valence-electron chi connectivity index (χ0n) is 25.1. The number of carbonyl (C=O) groups is 3. The molecule has 2 amide bonds. The summed E-state index contributed by atoms with van der Waals surface area (Å²) in [4.78, 5) is 60.9. The first-order valence-corrected chi connectivity index (χ1v) is 15.4. The first-order valence-electron chi connectivity index (χ1n) is 14.6. The molecular weight excluding hydrogens is 576 g/mol. The zero-order valence-corrected chi connectivity index (χ0v) is 26.0. The minimum Gasteiger partial charge on any atom is -0.343 e. The molecule has 1 unspecified atom stereocenters. The summed E-state index contributed by atoms with van der Waals surface area (Å²) in [5, 5.41) is 6.15. The van der Waals surface area contributed by atoms with Crippen molar-refractivity contribution in [3.8, 4) is 11.3 Å². The van der Waals surface area contributed by atoms with E-state index in [0.717, 1.165) is 41.6 Å². The Hall–Kier alpha value is -4.61. The third-order valence-electron chi connectivity index (χ3n) is 8.39. The molecule has 0 spiro atoms. The van der Waals surface area contributed by atoms with Crippen LogP contribution in [-0.4, -0.2) is 64.1 Å². The number of Topliss-reactive ketones (excluding diaryl/α,β-unsaturated/α-hetero) is 1. The summed E-state index contributed by atoms with van der Waals surface area (Å²) in [5.41, 5.74) is 4.96. The molecule has 6 rings (SSSR count). The van der Waals surface area contributed by atoms with E-state index in [1.807, 2.05) is 74.4 Å². The number of anilines is 3. The van der Waals surface area contributed by atoms with Crippen LogP contribution in [0.3, 0.4) is 0 Å². The summed E-state index contributed by atoms with van der Waals surface area (Å²) in [6.07, 6.45) is 3.83. The summed E-state index contributed by atoms with van der Waals surface area (Å²) >= 11 is 1.25. The Kier molecular flexibility index (Phi) is 7.91. The third-order valence-corrected chi connectivity index (χ3v) is 9.61. The Morgan fingerprint density at radius 2 is 1.77 bits per heavy atom. The summed E-state index contributed by atoms with van der Waals surface area (Å²) in [6, 6.07) is 14.5. The van der Waals surface area contributed by atoms with Crippen molar-refractivity contribution in [1.29, 1.82) is 0 Å². The van der Waals surface area contributed by atoms with Crippen LogP contribution in [0.1, 0.15) is 54.9 Å². The van der Waals surface area contributed by atoms with E-state index in [2.05, 4.69) is 15.6 Å². The van der Waals surface area contributed by atoms with Gasteiger partial charge in [0.1, 0.15) is 6.04 Å². The monoisotopic (exact) mass is 610 g/mol. The number of fused-ring (bicyclic) bond motifs is 1. The lowest BCUT2D eigenvalue weighted by Gasteiger charge is -2.37. The predicted molar refractivity (Wildman–Crippen MR) is 172 cm³/mol. The molecule has 44 heavy (non-hydrogen) atoms. The second-order valence-electron chi connectivity index (χ2n) is 11.5. The summed E-state index contributed by atoms with van der Waals surface area (Å²) in [7, 11) is 5.43. The summed E-state index contributed by atoms with van der Waals surface area (Å²) in [5.74, 6) is 0.0610. The average molecular weight is 611 g/mol. The third kappa shape index (κ3) is 5.56. The topological polar surface area (TPSA) is 117 Å². The van der Waals surface area contributed by atoms with Crippen molar-refractivity contribution in [2.45, 2.75) is 32.2 Å². The van der Waals surface area contributed by atoms with E-state index in [1.165, 1.54) is 15.9 Å². The second kappa shape index (κ2) is 11.8. The summed E-state index contributed by atoms with van der Waals surface area (Å²) in [6.45, 7) is 3.39. The minimum absolute atomic E-state index is 0.0566. The molecular formula is C33H34N6O4S. The van der Waals surface area contributed by atoms with E-state index >= 15 is 0 Å².